The molecule has 2 aliphatic heterocycles. The van der Waals surface area contributed by atoms with Crippen LogP contribution in [0.3, 0.4) is 0 Å². The third-order valence-electron chi connectivity index (χ3n) is 4.83. The molecule has 2 aromatic heterocycles. The molecule has 9 heteroatoms. The molecule has 0 amide bonds. The average molecular weight is 350 g/mol. The molecule has 4 heterocycles. The number of halogens is 1. The first-order chi connectivity index (χ1) is 11.5. The van der Waals surface area contributed by atoms with Gasteiger partial charge >= 0.3 is 0 Å². The lowest BCUT2D eigenvalue weighted by molar-refractivity contribution is 0.533. The summed E-state index contributed by atoms with van der Waals surface area (Å²) in [4.78, 5) is 27.4. The van der Waals surface area contributed by atoms with Crippen LogP contribution in [0.5, 0.6) is 0 Å². The van der Waals surface area contributed by atoms with Gasteiger partial charge in [0.1, 0.15) is 5.82 Å². The standard InChI is InChI=1S/C15H19FN6OS/c1-3-11-12(16)13(23)19-14(18-11)21-4-9-6-22(7-10(9)5-21)15-17-8(2)20-24-15/h9-10H,3-7H2,1-2H3,(H,18,19,23). The highest BCUT2D eigenvalue weighted by Crippen LogP contribution is 2.35. The van der Waals surface area contributed by atoms with E-state index in [9.17, 15) is 9.18 Å². The van der Waals surface area contributed by atoms with Gasteiger partial charge in [0.2, 0.25) is 16.9 Å². The molecule has 2 aliphatic rings. The Morgan fingerprint density at radius 3 is 2.46 bits per heavy atom. The van der Waals surface area contributed by atoms with Crippen LogP contribution in [0.1, 0.15) is 18.4 Å². The summed E-state index contributed by atoms with van der Waals surface area (Å²) in [6.45, 7) is 7.20. The molecule has 0 saturated carbocycles. The van der Waals surface area contributed by atoms with Crippen molar-refractivity contribution in [3.63, 3.8) is 0 Å². The molecule has 24 heavy (non-hydrogen) atoms. The molecule has 2 fully saturated rings. The van der Waals surface area contributed by atoms with E-state index in [1.165, 1.54) is 11.5 Å². The number of aromatic nitrogens is 4. The predicted octanol–water partition coefficient (Wildman–Crippen LogP) is 1.20. The molecule has 2 atom stereocenters. The summed E-state index contributed by atoms with van der Waals surface area (Å²) in [6, 6.07) is 0. The lowest BCUT2D eigenvalue weighted by Crippen LogP contribution is -2.31. The Bertz CT molecular complexity index is 807. The topological polar surface area (TPSA) is 78.0 Å². The van der Waals surface area contributed by atoms with Gasteiger partial charge in [0.05, 0.1) is 5.69 Å². The number of nitrogens with zero attached hydrogens (tertiary/aromatic N) is 5. The summed E-state index contributed by atoms with van der Waals surface area (Å²) in [5.74, 6) is 1.53. The van der Waals surface area contributed by atoms with Crippen molar-refractivity contribution in [1.82, 2.24) is 19.3 Å². The second-order valence-corrected chi connectivity index (χ2v) is 7.19. The minimum Gasteiger partial charge on any atom is -0.346 e. The maximum Gasteiger partial charge on any atom is 0.288 e. The monoisotopic (exact) mass is 350 g/mol. The van der Waals surface area contributed by atoms with Crippen LogP contribution >= 0.6 is 11.5 Å². The number of aromatic amines is 1. The Morgan fingerprint density at radius 2 is 1.88 bits per heavy atom. The largest absolute Gasteiger partial charge is 0.346 e. The Balaban J connectivity index is 1.50. The van der Waals surface area contributed by atoms with Gasteiger partial charge in [0, 0.05) is 49.5 Å². The summed E-state index contributed by atoms with van der Waals surface area (Å²) in [6.07, 6.45) is 0.410. The zero-order chi connectivity index (χ0) is 16.8. The number of aryl methyl sites for hydroxylation is 2. The number of hydrogen-bond donors (Lipinski definition) is 1. The van der Waals surface area contributed by atoms with Gasteiger partial charge in [-0.15, -0.1) is 0 Å². The van der Waals surface area contributed by atoms with Crippen LogP contribution in [0.15, 0.2) is 4.79 Å². The molecule has 2 saturated heterocycles. The first kappa shape index (κ1) is 15.5. The Kier molecular flexibility index (Phi) is 3.75. The SMILES string of the molecule is CCc1nc(N2CC3CN(c4nc(C)ns4)CC3C2)[nH]c(=O)c1F. The molecular formula is C15H19FN6OS. The number of H-pyrrole nitrogens is 1. The van der Waals surface area contributed by atoms with Crippen LogP contribution in [0.4, 0.5) is 15.5 Å². The maximum atomic E-state index is 13.7. The van der Waals surface area contributed by atoms with Crippen molar-refractivity contribution in [2.75, 3.05) is 36.0 Å². The van der Waals surface area contributed by atoms with Crippen molar-refractivity contribution < 1.29 is 4.39 Å². The van der Waals surface area contributed by atoms with Gasteiger partial charge in [-0.05, 0) is 13.3 Å². The fourth-order valence-corrected chi connectivity index (χ4v) is 4.31. The molecule has 2 unspecified atom stereocenters. The Morgan fingerprint density at radius 1 is 1.21 bits per heavy atom. The van der Waals surface area contributed by atoms with Crippen molar-refractivity contribution in [2.24, 2.45) is 11.8 Å². The van der Waals surface area contributed by atoms with Gasteiger partial charge < -0.3 is 9.80 Å². The van der Waals surface area contributed by atoms with Crippen molar-refractivity contribution >= 4 is 22.6 Å². The number of hydrogen-bond acceptors (Lipinski definition) is 7. The van der Waals surface area contributed by atoms with Gasteiger partial charge in [0.15, 0.2) is 0 Å². The number of rotatable bonds is 3. The van der Waals surface area contributed by atoms with Crippen LogP contribution in [0, 0.1) is 24.6 Å². The third-order valence-corrected chi connectivity index (χ3v) is 5.70. The fraction of sp³-hybridized carbons (Fsp3) is 0.600. The summed E-state index contributed by atoms with van der Waals surface area (Å²) < 4.78 is 17.9. The summed E-state index contributed by atoms with van der Waals surface area (Å²) in [5.41, 5.74) is -0.448. The van der Waals surface area contributed by atoms with E-state index in [1.54, 1.807) is 6.92 Å². The Labute approximate surface area is 142 Å². The molecule has 0 radical (unpaired) electrons. The maximum absolute atomic E-state index is 13.7. The molecule has 2 aromatic rings. The van der Waals surface area contributed by atoms with Crippen LogP contribution in [-0.4, -0.2) is 45.5 Å². The third kappa shape index (κ3) is 2.56. The lowest BCUT2D eigenvalue weighted by atomic mass is 10.0. The van der Waals surface area contributed by atoms with Gasteiger partial charge in [0.25, 0.3) is 5.56 Å². The van der Waals surface area contributed by atoms with Crippen LogP contribution in [-0.2, 0) is 6.42 Å². The number of nitrogens with one attached hydrogen (secondary N) is 1. The van der Waals surface area contributed by atoms with Gasteiger partial charge in [-0.25, -0.2) is 9.97 Å². The molecule has 7 nitrogen and oxygen atoms in total. The molecular weight excluding hydrogens is 331 g/mol. The van der Waals surface area contributed by atoms with Gasteiger partial charge in [-0.3, -0.25) is 9.78 Å². The predicted molar refractivity (Wildman–Crippen MR) is 90.2 cm³/mol. The molecule has 0 spiro atoms. The van der Waals surface area contributed by atoms with E-state index in [-0.39, 0.29) is 5.69 Å². The van der Waals surface area contributed by atoms with Gasteiger partial charge in [-0.1, -0.05) is 6.92 Å². The van der Waals surface area contributed by atoms with E-state index in [1.807, 2.05) is 6.92 Å². The molecule has 128 valence electrons. The summed E-state index contributed by atoms with van der Waals surface area (Å²) in [7, 11) is 0. The van der Waals surface area contributed by atoms with Crippen molar-refractivity contribution in [3.8, 4) is 0 Å². The summed E-state index contributed by atoms with van der Waals surface area (Å²) >= 11 is 1.44. The zero-order valence-electron chi connectivity index (χ0n) is 13.6. The van der Waals surface area contributed by atoms with Crippen LogP contribution in [0.25, 0.3) is 0 Å². The molecule has 0 bridgehead atoms. The number of fused-ring (bicyclic) bond motifs is 1. The molecule has 0 aromatic carbocycles. The molecule has 1 N–H and O–H groups in total. The first-order valence-electron chi connectivity index (χ1n) is 8.14. The minimum absolute atomic E-state index is 0.233. The van der Waals surface area contributed by atoms with E-state index >= 15 is 0 Å². The summed E-state index contributed by atoms with van der Waals surface area (Å²) in [5, 5.41) is 0.982. The highest BCUT2D eigenvalue weighted by molar-refractivity contribution is 7.09. The van der Waals surface area contributed by atoms with Crippen molar-refractivity contribution in [3.05, 3.63) is 27.7 Å². The van der Waals surface area contributed by atoms with Gasteiger partial charge in [-0.2, -0.15) is 8.76 Å². The first-order valence-corrected chi connectivity index (χ1v) is 8.91. The quantitative estimate of drug-likeness (QED) is 0.896. The lowest BCUT2D eigenvalue weighted by Gasteiger charge is -2.21. The van der Waals surface area contributed by atoms with Crippen LogP contribution < -0.4 is 15.4 Å². The minimum atomic E-state index is -0.765. The van der Waals surface area contributed by atoms with E-state index in [4.69, 9.17) is 0 Å². The second kappa shape index (κ2) is 5.80. The van der Waals surface area contributed by atoms with E-state index in [2.05, 4.69) is 29.1 Å². The van der Waals surface area contributed by atoms with Crippen molar-refractivity contribution in [2.45, 2.75) is 20.3 Å². The Hall–Kier alpha value is -2.03. The highest BCUT2D eigenvalue weighted by atomic mass is 32.1. The highest BCUT2D eigenvalue weighted by Gasteiger charge is 2.41. The average Bonchev–Trinajstić information content (AvgIpc) is 3.23. The smallest absolute Gasteiger partial charge is 0.288 e. The van der Waals surface area contributed by atoms with E-state index < -0.39 is 11.4 Å². The van der Waals surface area contributed by atoms with Crippen molar-refractivity contribution in [1.29, 1.82) is 0 Å². The van der Waals surface area contributed by atoms with E-state index in [0.29, 0.717) is 24.2 Å². The zero-order valence-corrected chi connectivity index (χ0v) is 14.4. The number of anilines is 2. The molecule has 0 aliphatic carbocycles. The van der Waals surface area contributed by atoms with E-state index in [0.717, 1.165) is 37.1 Å². The fourth-order valence-electron chi connectivity index (χ4n) is 3.61. The second-order valence-electron chi connectivity index (χ2n) is 6.46. The van der Waals surface area contributed by atoms with Crippen LogP contribution in [0.2, 0.25) is 0 Å². The molecule has 4 rings (SSSR count). The normalized spacial score (nSPS) is 23.1.